The molecule has 0 bridgehead atoms. The number of benzene rings is 1. The average Bonchev–Trinajstić information content (AvgIpc) is 2.93. The van der Waals surface area contributed by atoms with E-state index >= 15 is 0 Å². The zero-order valence-electron chi connectivity index (χ0n) is 10.9. The summed E-state index contributed by atoms with van der Waals surface area (Å²) >= 11 is 5.90. The molecule has 1 aromatic carbocycles. The molecule has 3 rings (SSSR count). The summed E-state index contributed by atoms with van der Waals surface area (Å²) in [5.74, 6) is 0.876. The van der Waals surface area contributed by atoms with E-state index in [-0.39, 0.29) is 0 Å². The standard InChI is InChI=1S/C15H14ClN3O/c16-13-3-1-11(2-4-13)14-9-12(10-17)15(18-14)19-5-7-20-8-6-19/h1-4,9,18H,5-8H2. The highest BCUT2D eigenvalue weighted by atomic mass is 35.5. The Kier molecular flexibility index (Phi) is 3.64. The molecule has 0 aliphatic carbocycles. The van der Waals surface area contributed by atoms with Crippen molar-refractivity contribution in [2.75, 3.05) is 31.2 Å². The highest BCUT2D eigenvalue weighted by Gasteiger charge is 2.18. The van der Waals surface area contributed by atoms with Crippen molar-refractivity contribution < 1.29 is 4.74 Å². The van der Waals surface area contributed by atoms with E-state index in [4.69, 9.17) is 16.3 Å². The Hall–Kier alpha value is -1.96. The van der Waals surface area contributed by atoms with Crippen molar-refractivity contribution in [3.8, 4) is 17.3 Å². The summed E-state index contributed by atoms with van der Waals surface area (Å²) in [6.07, 6.45) is 0. The molecule has 5 heteroatoms. The fraction of sp³-hybridized carbons (Fsp3) is 0.267. The van der Waals surface area contributed by atoms with Crippen LogP contribution in [-0.2, 0) is 4.74 Å². The number of anilines is 1. The topological polar surface area (TPSA) is 52.0 Å². The van der Waals surface area contributed by atoms with E-state index < -0.39 is 0 Å². The molecule has 2 aromatic rings. The van der Waals surface area contributed by atoms with E-state index in [1.807, 2.05) is 30.3 Å². The Morgan fingerprint density at radius 3 is 2.55 bits per heavy atom. The van der Waals surface area contributed by atoms with E-state index in [1.54, 1.807) is 0 Å². The largest absolute Gasteiger partial charge is 0.378 e. The van der Waals surface area contributed by atoms with Crippen molar-refractivity contribution in [2.24, 2.45) is 0 Å². The first-order valence-corrected chi connectivity index (χ1v) is 6.87. The van der Waals surface area contributed by atoms with Crippen LogP contribution in [0.2, 0.25) is 5.02 Å². The van der Waals surface area contributed by atoms with Crippen molar-refractivity contribution in [3.05, 3.63) is 40.9 Å². The van der Waals surface area contributed by atoms with E-state index in [1.165, 1.54) is 0 Å². The third kappa shape index (κ3) is 2.51. The van der Waals surface area contributed by atoms with E-state index in [0.717, 1.165) is 30.2 Å². The van der Waals surface area contributed by atoms with Gasteiger partial charge < -0.3 is 14.6 Å². The number of halogens is 1. The fourth-order valence-electron chi connectivity index (χ4n) is 2.35. The molecule has 102 valence electrons. The smallest absolute Gasteiger partial charge is 0.124 e. The fourth-order valence-corrected chi connectivity index (χ4v) is 2.48. The summed E-state index contributed by atoms with van der Waals surface area (Å²) in [7, 11) is 0. The molecule has 0 radical (unpaired) electrons. The summed E-state index contributed by atoms with van der Waals surface area (Å²) < 4.78 is 5.35. The zero-order valence-corrected chi connectivity index (χ0v) is 11.7. The molecule has 4 nitrogen and oxygen atoms in total. The monoisotopic (exact) mass is 287 g/mol. The number of hydrogen-bond acceptors (Lipinski definition) is 3. The second-order valence-corrected chi connectivity index (χ2v) is 5.10. The molecule has 1 aliphatic rings. The predicted molar refractivity (Wildman–Crippen MR) is 79.0 cm³/mol. The van der Waals surface area contributed by atoms with Gasteiger partial charge in [0.1, 0.15) is 11.9 Å². The van der Waals surface area contributed by atoms with Gasteiger partial charge in [0.05, 0.1) is 18.8 Å². The lowest BCUT2D eigenvalue weighted by Crippen LogP contribution is -2.36. The number of hydrogen-bond donors (Lipinski definition) is 1. The van der Waals surface area contributed by atoms with Crippen LogP contribution >= 0.6 is 11.6 Å². The second-order valence-electron chi connectivity index (χ2n) is 4.66. The number of aromatic amines is 1. The summed E-state index contributed by atoms with van der Waals surface area (Å²) in [6.45, 7) is 2.99. The summed E-state index contributed by atoms with van der Waals surface area (Å²) in [4.78, 5) is 5.50. The number of nitrogens with one attached hydrogen (secondary N) is 1. The number of nitrogens with zero attached hydrogens (tertiary/aromatic N) is 2. The highest BCUT2D eigenvalue weighted by molar-refractivity contribution is 6.30. The van der Waals surface area contributed by atoms with Gasteiger partial charge in [0.25, 0.3) is 0 Å². The van der Waals surface area contributed by atoms with Gasteiger partial charge in [-0.2, -0.15) is 5.26 Å². The van der Waals surface area contributed by atoms with Crippen LogP contribution in [0.1, 0.15) is 5.56 Å². The van der Waals surface area contributed by atoms with Crippen LogP contribution in [0.5, 0.6) is 0 Å². The van der Waals surface area contributed by atoms with E-state index in [0.29, 0.717) is 23.8 Å². The molecule has 0 unspecified atom stereocenters. The predicted octanol–water partition coefficient (Wildman–Crippen LogP) is 3.04. The minimum absolute atomic E-state index is 0.664. The quantitative estimate of drug-likeness (QED) is 0.923. The van der Waals surface area contributed by atoms with Crippen molar-refractivity contribution in [1.29, 1.82) is 5.26 Å². The molecule has 0 atom stereocenters. The van der Waals surface area contributed by atoms with Gasteiger partial charge in [-0.1, -0.05) is 23.7 Å². The van der Waals surface area contributed by atoms with Crippen LogP contribution < -0.4 is 4.90 Å². The summed E-state index contributed by atoms with van der Waals surface area (Å²) in [5, 5.41) is 10.0. The van der Waals surface area contributed by atoms with Crippen LogP contribution in [0.3, 0.4) is 0 Å². The Bertz CT molecular complexity index is 636. The number of H-pyrrole nitrogens is 1. The van der Waals surface area contributed by atoms with Crippen molar-refractivity contribution in [1.82, 2.24) is 4.98 Å². The minimum Gasteiger partial charge on any atom is -0.378 e. The molecule has 2 heterocycles. The molecular formula is C15H14ClN3O. The number of morpholine rings is 1. The third-order valence-electron chi connectivity index (χ3n) is 3.40. The van der Waals surface area contributed by atoms with Crippen LogP contribution in [0, 0.1) is 11.3 Å². The Morgan fingerprint density at radius 2 is 1.90 bits per heavy atom. The first kappa shape index (κ1) is 13.0. The van der Waals surface area contributed by atoms with Gasteiger partial charge in [0.15, 0.2) is 0 Å². The number of ether oxygens (including phenoxy) is 1. The second kappa shape index (κ2) is 5.58. The van der Waals surface area contributed by atoms with Gasteiger partial charge in [-0.15, -0.1) is 0 Å². The van der Waals surface area contributed by atoms with Crippen LogP contribution in [0.4, 0.5) is 5.82 Å². The van der Waals surface area contributed by atoms with Crippen molar-refractivity contribution in [2.45, 2.75) is 0 Å². The van der Waals surface area contributed by atoms with Gasteiger partial charge in [-0.3, -0.25) is 0 Å². The minimum atomic E-state index is 0.664. The van der Waals surface area contributed by atoms with E-state index in [2.05, 4.69) is 16.0 Å². The van der Waals surface area contributed by atoms with Crippen LogP contribution in [0.15, 0.2) is 30.3 Å². The van der Waals surface area contributed by atoms with Crippen molar-refractivity contribution in [3.63, 3.8) is 0 Å². The van der Waals surface area contributed by atoms with Gasteiger partial charge in [-0.25, -0.2) is 0 Å². The molecule has 20 heavy (non-hydrogen) atoms. The molecule has 0 saturated carbocycles. The first-order chi connectivity index (χ1) is 9.78. The molecule has 0 spiro atoms. The zero-order chi connectivity index (χ0) is 13.9. The highest BCUT2D eigenvalue weighted by Crippen LogP contribution is 2.28. The molecule has 0 amide bonds. The maximum absolute atomic E-state index is 9.30. The maximum Gasteiger partial charge on any atom is 0.124 e. The lowest BCUT2D eigenvalue weighted by Gasteiger charge is -2.27. The molecule has 1 aliphatic heterocycles. The van der Waals surface area contributed by atoms with Gasteiger partial charge in [0, 0.05) is 23.8 Å². The number of aromatic nitrogens is 1. The normalized spacial score (nSPS) is 15.1. The third-order valence-corrected chi connectivity index (χ3v) is 3.65. The van der Waals surface area contributed by atoms with Gasteiger partial charge in [0.2, 0.25) is 0 Å². The Morgan fingerprint density at radius 1 is 1.20 bits per heavy atom. The number of rotatable bonds is 2. The molecular weight excluding hydrogens is 274 g/mol. The number of nitriles is 1. The molecule has 1 aromatic heterocycles. The Balaban J connectivity index is 1.96. The van der Waals surface area contributed by atoms with Crippen LogP contribution in [-0.4, -0.2) is 31.3 Å². The first-order valence-electron chi connectivity index (χ1n) is 6.49. The molecule has 1 saturated heterocycles. The average molecular weight is 288 g/mol. The van der Waals surface area contributed by atoms with Crippen LogP contribution in [0.25, 0.3) is 11.3 Å². The molecule has 1 N–H and O–H groups in total. The van der Waals surface area contributed by atoms with Gasteiger partial charge >= 0.3 is 0 Å². The molecule has 1 fully saturated rings. The lowest BCUT2D eigenvalue weighted by molar-refractivity contribution is 0.122. The lowest BCUT2D eigenvalue weighted by atomic mass is 10.1. The Labute approximate surface area is 122 Å². The summed E-state index contributed by atoms with van der Waals surface area (Å²) in [5.41, 5.74) is 2.61. The van der Waals surface area contributed by atoms with Gasteiger partial charge in [-0.05, 0) is 23.8 Å². The maximum atomic E-state index is 9.30. The van der Waals surface area contributed by atoms with Crippen molar-refractivity contribution >= 4 is 17.4 Å². The van der Waals surface area contributed by atoms with E-state index in [9.17, 15) is 5.26 Å². The summed E-state index contributed by atoms with van der Waals surface area (Å²) in [6, 6.07) is 11.7. The SMILES string of the molecule is N#Cc1cc(-c2ccc(Cl)cc2)[nH]c1N1CCOCC1.